The topological polar surface area (TPSA) is 132 Å². The van der Waals surface area contributed by atoms with Crippen LogP contribution in [0.2, 0.25) is 0 Å². The maximum atomic E-state index is 12.1. The van der Waals surface area contributed by atoms with Crippen LogP contribution in [0.15, 0.2) is 105 Å². The quantitative estimate of drug-likeness (QED) is 0.0761. The summed E-state index contributed by atoms with van der Waals surface area (Å²) in [5, 5.41) is 8.89. The maximum absolute atomic E-state index is 12.1. The van der Waals surface area contributed by atoms with E-state index in [2.05, 4.69) is 121 Å². The van der Waals surface area contributed by atoms with Gasteiger partial charge in [0.15, 0.2) is 6.07 Å². The van der Waals surface area contributed by atoms with E-state index in [-0.39, 0.29) is 63.4 Å². The van der Waals surface area contributed by atoms with Crippen molar-refractivity contribution in [2.45, 2.75) is 76.0 Å². The molecule has 2 aliphatic rings. The number of carbonyl (C=O) groups excluding carboxylic acids is 4. The molecule has 17 heteroatoms. The number of rotatable bonds is 9. The SMILES string of the molecule is C.C.CC(=O)OCOC(=O)N1CCN(c2ccccc2Sc2ccc(C)cc2C)CC1.CC(=O)[O-].Cc1ccc(Sc2ccccc2N2CCN(C(=O)OCCl)CC2)c(C)c1.[2H]CF.[Na+]. The van der Waals surface area contributed by atoms with Crippen LogP contribution in [-0.2, 0) is 23.8 Å². The first-order valence-corrected chi connectivity index (χ1v) is 21.6. The molecular weight excluding hydrogens is 890 g/mol. The first-order chi connectivity index (χ1) is 29.7. The standard InChI is InChI=1S/C22H26N2O4S.C20H23ClN2O2S.C2H4O2.CH3F.2CH4.Na/c1-16-8-9-20(17(2)14-16)29-21-7-5-4-6-19(21)23-10-12-24(13-11-23)22(26)28-15-27-18(3)25;1-15-7-8-18(16(2)13-15)26-19-6-4-3-5-17(19)22-9-11-23(12-10-22)20(24)25-14-21;1-2(3)4;1-2;;;/h4-9,14H,10-13,15H2,1-3H3;3-8,13H,9-12,14H2,1-2H3;1H3,(H,3,4);1H3;2*1H4;/q;;;;;;+1/p-1/i;;;1D;;;. The van der Waals surface area contributed by atoms with Crippen LogP contribution in [0.1, 0.15) is 52.3 Å². The number of benzene rings is 4. The number of nitrogens with zero attached hydrogens (tertiary/aromatic N) is 4. The minimum atomic E-state index is -1.08. The smallest absolute Gasteiger partial charge is 0.550 e. The average molecular weight is 955 g/mol. The van der Waals surface area contributed by atoms with Gasteiger partial charge >= 0.3 is 47.7 Å². The van der Waals surface area contributed by atoms with Crippen LogP contribution >= 0.6 is 35.1 Å². The number of carbonyl (C=O) groups is 4. The molecule has 6 rings (SSSR count). The molecule has 2 saturated heterocycles. The van der Waals surface area contributed by atoms with Crippen molar-refractivity contribution in [3.63, 3.8) is 0 Å². The molecule has 0 aromatic heterocycles. The van der Waals surface area contributed by atoms with Gasteiger partial charge in [-0.15, -0.1) is 0 Å². The number of amides is 2. The second-order valence-corrected chi connectivity index (χ2v) is 16.2. The Balaban J connectivity index is 0.00000106. The molecule has 0 aliphatic carbocycles. The molecule has 2 fully saturated rings. The molecule has 2 amide bonds. The number of esters is 1. The van der Waals surface area contributed by atoms with Crippen molar-refractivity contribution in [2.24, 2.45) is 0 Å². The fraction of sp³-hybridized carbons (Fsp3) is 0.404. The predicted octanol–water partition coefficient (Wildman–Crippen LogP) is 6.76. The van der Waals surface area contributed by atoms with Gasteiger partial charge in [0.2, 0.25) is 6.79 Å². The van der Waals surface area contributed by atoms with Crippen LogP contribution in [0.25, 0.3) is 0 Å². The number of piperazine rings is 2. The summed E-state index contributed by atoms with van der Waals surface area (Å²) >= 11 is 9.04. The van der Waals surface area contributed by atoms with Gasteiger partial charge in [-0.3, -0.25) is 9.18 Å². The third-order valence-corrected chi connectivity index (χ3v) is 11.8. The fourth-order valence-electron chi connectivity index (χ4n) is 6.33. The van der Waals surface area contributed by atoms with E-state index in [0.717, 1.165) is 20.0 Å². The normalized spacial score (nSPS) is 12.8. The molecule has 0 radical (unpaired) electrons. The van der Waals surface area contributed by atoms with E-state index in [1.807, 2.05) is 6.07 Å². The molecule has 4 aromatic rings. The van der Waals surface area contributed by atoms with Crippen LogP contribution in [0.3, 0.4) is 0 Å². The first-order valence-electron chi connectivity index (χ1n) is 20.1. The summed E-state index contributed by atoms with van der Waals surface area (Å²) in [4.78, 5) is 56.5. The van der Waals surface area contributed by atoms with Crippen molar-refractivity contribution < 1.29 is 73.8 Å². The monoisotopic (exact) mass is 953 g/mol. The zero-order valence-electron chi connectivity index (χ0n) is 37.5. The number of aliphatic carboxylic acids is 1. The van der Waals surface area contributed by atoms with Crippen molar-refractivity contribution in [3.05, 3.63) is 107 Å². The van der Waals surface area contributed by atoms with Crippen molar-refractivity contribution in [3.8, 4) is 0 Å². The summed E-state index contributed by atoms with van der Waals surface area (Å²) in [6.07, 6.45) is -0.790. The van der Waals surface area contributed by atoms with E-state index in [4.69, 9.17) is 32.3 Å². The number of carboxylic acid groups (broad SMARTS) is 1. The van der Waals surface area contributed by atoms with Gasteiger partial charge in [-0.1, -0.05) is 110 Å². The van der Waals surface area contributed by atoms with Crippen LogP contribution in [-0.4, -0.2) is 106 Å². The molecule has 0 N–H and O–H groups in total. The van der Waals surface area contributed by atoms with Crippen molar-refractivity contribution >= 4 is 70.6 Å². The van der Waals surface area contributed by atoms with Crippen LogP contribution < -0.4 is 44.5 Å². The Labute approximate surface area is 416 Å². The van der Waals surface area contributed by atoms with Crippen LogP contribution in [0.4, 0.5) is 25.4 Å². The zero-order valence-corrected chi connectivity index (χ0v) is 40.9. The van der Waals surface area contributed by atoms with E-state index < -0.39 is 25.2 Å². The Morgan fingerprint density at radius 3 is 1.34 bits per heavy atom. The predicted molar refractivity (Wildman–Crippen MR) is 252 cm³/mol. The number of hydrogen-bond donors (Lipinski definition) is 0. The van der Waals surface area contributed by atoms with Gasteiger partial charge in [0.05, 0.1) is 19.9 Å². The molecule has 64 heavy (non-hydrogen) atoms. The molecule has 0 bridgehead atoms. The Bertz CT molecular complexity index is 2070. The van der Waals surface area contributed by atoms with Gasteiger partial charge in [0.1, 0.15) is 0 Å². The minimum absolute atomic E-state index is 0. The summed E-state index contributed by atoms with van der Waals surface area (Å²) in [5.74, 6) is -1.56. The third kappa shape index (κ3) is 20.0. The van der Waals surface area contributed by atoms with Crippen molar-refractivity contribution in [2.75, 3.05) is 82.2 Å². The summed E-state index contributed by atoms with van der Waals surface area (Å²) < 4.78 is 30.0. The van der Waals surface area contributed by atoms with Gasteiger partial charge < -0.3 is 43.7 Å². The molecule has 346 valence electrons. The van der Waals surface area contributed by atoms with Gasteiger partial charge in [0, 0.05) is 84.8 Å². The number of aryl methyl sites for hydroxylation is 4. The Morgan fingerprint density at radius 1 is 0.641 bits per heavy atom. The number of alkyl halides is 2. The molecule has 0 atom stereocenters. The van der Waals surface area contributed by atoms with Gasteiger partial charge in [0.25, 0.3) is 0 Å². The molecule has 12 nitrogen and oxygen atoms in total. The number of ether oxygens (including phenoxy) is 3. The number of carboxylic acids is 1. The number of anilines is 2. The second kappa shape index (κ2) is 31.7. The van der Waals surface area contributed by atoms with Gasteiger partial charge in [-0.05, 0) is 82.1 Å². The zero-order chi connectivity index (χ0) is 45.6. The number of halogens is 2. The molecular formula is C47H63ClFN4NaO8S2. The number of hydrogen-bond acceptors (Lipinski definition) is 12. The Kier molecular flexibility index (Phi) is 28.7. The summed E-state index contributed by atoms with van der Waals surface area (Å²) in [5.41, 5.74) is 7.48. The Hall–Kier alpha value is -4.12. The van der Waals surface area contributed by atoms with E-state index in [0.29, 0.717) is 39.3 Å². The van der Waals surface area contributed by atoms with E-state index in [9.17, 15) is 18.8 Å². The second-order valence-electron chi connectivity index (χ2n) is 13.8. The molecule has 0 saturated carbocycles. The van der Waals surface area contributed by atoms with E-state index in [1.165, 1.54) is 60.1 Å². The largest absolute Gasteiger partial charge is 1.00 e. The van der Waals surface area contributed by atoms with Crippen molar-refractivity contribution in [1.82, 2.24) is 9.80 Å². The third-order valence-electron chi connectivity index (χ3n) is 9.21. The number of para-hydroxylation sites is 2. The van der Waals surface area contributed by atoms with Crippen molar-refractivity contribution in [1.29, 1.82) is 0 Å². The fourth-order valence-corrected chi connectivity index (χ4v) is 8.50. The molecule has 4 aromatic carbocycles. The summed E-state index contributed by atoms with van der Waals surface area (Å²) in [7, 11) is -1.00. The first kappa shape index (κ1) is 57.9. The van der Waals surface area contributed by atoms with E-state index in [1.54, 1.807) is 33.3 Å². The summed E-state index contributed by atoms with van der Waals surface area (Å²) in [6.45, 7) is 15.8. The summed E-state index contributed by atoms with van der Waals surface area (Å²) in [6, 6.07) is 29.8. The molecule has 2 aliphatic heterocycles. The van der Waals surface area contributed by atoms with E-state index >= 15 is 0 Å². The van der Waals surface area contributed by atoms with Crippen LogP contribution in [0.5, 0.6) is 0 Å². The molecule has 0 spiro atoms. The van der Waals surface area contributed by atoms with Gasteiger partial charge in [-0.25, -0.2) is 9.59 Å². The molecule has 0 unspecified atom stereocenters. The van der Waals surface area contributed by atoms with Gasteiger partial charge in [-0.2, -0.15) is 0 Å². The molecule has 2 heterocycles. The average Bonchev–Trinajstić information content (AvgIpc) is 3.24. The maximum Gasteiger partial charge on any atom is 1.00 e. The van der Waals surface area contributed by atoms with Crippen LogP contribution in [0, 0.1) is 27.7 Å². The Morgan fingerprint density at radius 2 is 1.00 bits per heavy atom. The minimum Gasteiger partial charge on any atom is -0.550 e.